The van der Waals surface area contributed by atoms with Crippen molar-refractivity contribution in [2.24, 2.45) is 5.90 Å². The Morgan fingerprint density at radius 2 is 1.18 bits per heavy atom. The maximum atomic E-state index is 13.7. The fraction of sp³-hybridized carbons (Fsp3) is 0.520. The third-order valence-corrected chi connectivity index (χ3v) is 8.83. The highest BCUT2D eigenvalue weighted by Crippen LogP contribution is 2.56. The van der Waals surface area contributed by atoms with Crippen molar-refractivity contribution in [3.63, 3.8) is 0 Å². The summed E-state index contributed by atoms with van der Waals surface area (Å²) in [5.74, 6) is 7.13. The van der Waals surface area contributed by atoms with E-state index in [2.05, 4.69) is 0 Å². The molecule has 2 aromatic carbocycles. The number of fused-ring (bicyclic) bond motifs is 2. The molecule has 0 spiro atoms. The molecule has 0 unspecified atom stereocenters. The first-order chi connectivity index (χ1) is 16.0. The molecule has 0 bridgehead atoms. The Balaban J connectivity index is 1.66. The van der Waals surface area contributed by atoms with Crippen molar-refractivity contribution in [2.45, 2.75) is 82.5 Å². The Kier molecular flexibility index (Phi) is 6.98. The van der Waals surface area contributed by atoms with Crippen molar-refractivity contribution >= 4 is 31.0 Å². The molecule has 1 aliphatic heterocycles. The van der Waals surface area contributed by atoms with Crippen LogP contribution in [0.5, 0.6) is 11.5 Å². The van der Waals surface area contributed by atoms with Gasteiger partial charge in [-0.05, 0) is 72.9 Å². The lowest BCUT2D eigenvalue weighted by atomic mass is 9.81. The van der Waals surface area contributed by atoms with Gasteiger partial charge in [0.25, 0.3) is 0 Å². The predicted octanol–water partition coefficient (Wildman–Crippen LogP) is 8.45. The van der Waals surface area contributed by atoms with E-state index in [-0.39, 0.29) is 11.8 Å². The summed E-state index contributed by atoms with van der Waals surface area (Å²) in [6, 6.07) is 7.59. The lowest BCUT2D eigenvalue weighted by Gasteiger charge is -2.31. The molecule has 2 N–H and O–H groups in total. The van der Waals surface area contributed by atoms with Gasteiger partial charge in [-0.1, -0.05) is 61.7 Å². The normalized spacial score (nSPS) is 21.2. The first kappa shape index (κ1) is 23.5. The summed E-state index contributed by atoms with van der Waals surface area (Å²) >= 11 is 13.1. The molecule has 1 heterocycles. The molecule has 2 fully saturated rings. The number of hydrogen-bond acceptors (Lipinski definition) is 5. The van der Waals surface area contributed by atoms with E-state index < -0.39 is 7.82 Å². The number of nitrogens with two attached hydrogens (primary N) is 1. The zero-order valence-corrected chi connectivity index (χ0v) is 21.1. The largest absolute Gasteiger partial charge is 0.604 e. The van der Waals surface area contributed by atoms with Crippen LogP contribution in [0.1, 0.15) is 98.3 Å². The molecular weight excluding hydrogens is 480 g/mol. The lowest BCUT2D eigenvalue weighted by Crippen LogP contribution is -2.17. The van der Waals surface area contributed by atoms with Gasteiger partial charge in [-0.3, -0.25) is 0 Å². The van der Waals surface area contributed by atoms with Crippen molar-refractivity contribution in [3.8, 4) is 11.5 Å². The smallest absolute Gasteiger partial charge is 0.394 e. The number of rotatable bonds is 3. The van der Waals surface area contributed by atoms with Gasteiger partial charge in [-0.2, -0.15) is 4.62 Å². The van der Waals surface area contributed by atoms with Crippen LogP contribution in [0, 0.1) is 0 Å². The molecule has 2 aromatic rings. The van der Waals surface area contributed by atoms with Gasteiger partial charge in [0.05, 0.1) is 0 Å². The summed E-state index contributed by atoms with van der Waals surface area (Å²) in [5.41, 5.74) is 3.61. The first-order valence-electron chi connectivity index (χ1n) is 12.0. The van der Waals surface area contributed by atoms with E-state index in [1.807, 2.05) is 24.3 Å². The third-order valence-electron chi connectivity index (χ3n) is 7.32. The fourth-order valence-corrected chi connectivity index (χ4v) is 7.27. The molecule has 0 aromatic heterocycles. The first-order valence-corrected chi connectivity index (χ1v) is 14.2. The number of phosphoric acid groups is 1. The highest BCUT2D eigenvalue weighted by atomic mass is 35.5. The van der Waals surface area contributed by atoms with Gasteiger partial charge in [0, 0.05) is 27.6 Å². The molecule has 0 radical (unpaired) electrons. The van der Waals surface area contributed by atoms with Crippen molar-refractivity contribution in [2.75, 3.05) is 0 Å². The van der Waals surface area contributed by atoms with Crippen LogP contribution in [0.4, 0.5) is 0 Å². The average molecular weight is 510 g/mol. The van der Waals surface area contributed by atoms with E-state index >= 15 is 0 Å². The maximum absolute atomic E-state index is 13.7. The second-order valence-corrected chi connectivity index (χ2v) is 11.9. The highest BCUT2D eigenvalue weighted by molar-refractivity contribution is 7.49. The van der Waals surface area contributed by atoms with E-state index in [4.69, 9.17) is 42.8 Å². The van der Waals surface area contributed by atoms with Gasteiger partial charge in [0.2, 0.25) is 0 Å². The van der Waals surface area contributed by atoms with Gasteiger partial charge in [0.1, 0.15) is 11.5 Å². The third kappa shape index (κ3) is 4.94. The Labute approximate surface area is 205 Å². The highest BCUT2D eigenvalue weighted by Gasteiger charge is 2.38. The molecule has 3 aliphatic rings. The van der Waals surface area contributed by atoms with Crippen molar-refractivity contribution < 1.29 is 18.2 Å². The van der Waals surface area contributed by atoms with Crippen LogP contribution >= 0.6 is 31.0 Å². The molecule has 0 amide bonds. The second kappa shape index (κ2) is 9.79. The molecule has 178 valence electrons. The van der Waals surface area contributed by atoms with E-state index in [0.29, 0.717) is 28.0 Å². The maximum Gasteiger partial charge on any atom is 0.604 e. The molecule has 5 rings (SSSR count). The molecule has 0 saturated heterocycles. The van der Waals surface area contributed by atoms with Gasteiger partial charge in [0.15, 0.2) is 0 Å². The molecule has 8 heteroatoms. The molecule has 0 atom stereocenters. The van der Waals surface area contributed by atoms with Crippen LogP contribution in [0.2, 0.25) is 10.0 Å². The van der Waals surface area contributed by atoms with Crippen LogP contribution in [0.25, 0.3) is 0 Å². The standard InChI is InChI=1S/C25H30Cl2NO4P/c26-20-12-18-11-19-13-21(27)15-23(17-9-5-2-6-10-17)25(19)31-33(29,32-28)30-24(18)22(14-20)16-7-3-1-4-8-16/h12-17H,1-11,28H2. The van der Waals surface area contributed by atoms with E-state index in [1.54, 1.807) is 0 Å². The Morgan fingerprint density at radius 3 is 1.58 bits per heavy atom. The van der Waals surface area contributed by atoms with Crippen molar-refractivity contribution in [1.29, 1.82) is 0 Å². The van der Waals surface area contributed by atoms with Crippen LogP contribution in [0.15, 0.2) is 24.3 Å². The van der Waals surface area contributed by atoms with Gasteiger partial charge < -0.3 is 9.05 Å². The minimum Gasteiger partial charge on any atom is -0.394 e. The van der Waals surface area contributed by atoms with Crippen LogP contribution in [0.3, 0.4) is 0 Å². The van der Waals surface area contributed by atoms with Gasteiger partial charge in [-0.15, -0.1) is 0 Å². The quantitative estimate of drug-likeness (QED) is 0.331. The topological polar surface area (TPSA) is 70.8 Å². The molecule has 2 saturated carbocycles. The Bertz CT molecular complexity index is 1000. The summed E-state index contributed by atoms with van der Waals surface area (Å²) in [6.07, 6.45) is 11.7. The minimum absolute atomic E-state index is 0.286. The lowest BCUT2D eigenvalue weighted by molar-refractivity contribution is 0.209. The second-order valence-electron chi connectivity index (χ2n) is 9.55. The number of benzene rings is 2. The predicted molar refractivity (Wildman–Crippen MR) is 131 cm³/mol. The zero-order chi connectivity index (χ0) is 23.0. The summed E-state index contributed by atoms with van der Waals surface area (Å²) in [5, 5.41) is 1.28. The fourth-order valence-electron chi connectivity index (χ4n) is 5.76. The Morgan fingerprint density at radius 1 is 0.758 bits per heavy atom. The van der Waals surface area contributed by atoms with Crippen molar-refractivity contribution in [1.82, 2.24) is 0 Å². The summed E-state index contributed by atoms with van der Waals surface area (Å²) in [6.45, 7) is 0. The molecular formula is C25H30Cl2NO4P. The summed E-state index contributed by atoms with van der Waals surface area (Å²) in [4.78, 5) is 0. The molecule has 5 nitrogen and oxygen atoms in total. The number of phosphoric ester groups is 1. The van der Waals surface area contributed by atoms with E-state index in [1.165, 1.54) is 12.8 Å². The van der Waals surface area contributed by atoms with Crippen LogP contribution in [-0.4, -0.2) is 0 Å². The van der Waals surface area contributed by atoms with E-state index in [0.717, 1.165) is 73.6 Å². The van der Waals surface area contributed by atoms with Gasteiger partial charge >= 0.3 is 7.82 Å². The monoisotopic (exact) mass is 509 g/mol. The average Bonchev–Trinajstić information content (AvgIpc) is 2.82. The van der Waals surface area contributed by atoms with Crippen molar-refractivity contribution in [3.05, 3.63) is 56.6 Å². The van der Waals surface area contributed by atoms with Gasteiger partial charge in [-0.25, -0.2) is 10.5 Å². The van der Waals surface area contributed by atoms with E-state index in [9.17, 15) is 4.57 Å². The number of halogens is 2. The Hall–Kier alpha value is -1.23. The molecule has 2 aliphatic carbocycles. The SMILES string of the molecule is NOP1(=O)Oc2c(cc(Cl)cc2C2CCCCC2)Cc2cc(Cl)cc(C3CCCCC3)c2O1. The summed E-state index contributed by atoms with van der Waals surface area (Å²) < 4.78 is 30.7. The summed E-state index contributed by atoms with van der Waals surface area (Å²) in [7, 11) is -4.12. The van der Waals surface area contributed by atoms with Crippen LogP contribution < -0.4 is 14.9 Å². The zero-order valence-electron chi connectivity index (χ0n) is 18.7. The number of hydrogen-bond donors (Lipinski definition) is 1. The minimum atomic E-state index is -4.12. The molecule has 33 heavy (non-hydrogen) atoms. The van der Waals surface area contributed by atoms with Crippen LogP contribution in [-0.2, 0) is 15.6 Å².